The zero-order valence-corrected chi connectivity index (χ0v) is 11.6. The Bertz CT molecular complexity index is 583. The quantitative estimate of drug-likeness (QED) is 0.901. The van der Waals surface area contributed by atoms with Crippen molar-refractivity contribution in [3.63, 3.8) is 0 Å². The third-order valence-electron chi connectivity index (χ3n) is 2.91. The first kappa shape index (κ1) is 12.9. The predicted octanol–water partition coefficient (Wildman–Crippen LogP) is 3.88. The van der Waals surface area contributed by atoms with Crippen molar-refractivity contribution in [3.05, 3.63) is 40.9 Å². The average molecular weight is 308 g/mol. The van der Waals surface area contributed by atoms with Gasteiger partial charge in [-0.3, -0.25) is 0 Å². The number of nitrogens with one attached hydrogen (secondary N) is 1. The fourth-order valence-corrected chi connectivity index (χ4v) is 2.39. The highest BCUT2D eigenvalue weighted by molar-refractivity contribution is 9.10. The van der Waals surface area contributed by atoms with E-state index in [-0.39, 0.29) is 0 Å². The minimum absolute atomic E-state index is 0.541. The molecule has 0 saturated heterocycles. The topological polar surface area (TPSA) is 49.3 Å². The lowest BCUT2D eigenvalue weighted by Gasteiger charge is -2.16. The van der Waals surface area contributed by atoms with E-state index in [0.29, 0.717) is 6.42 Å². The summed E-state index contributed by atoms with van der Waals surface area (Å²) in [5, 5.41) is 14.3. The number of carboxylic acids is 1. The van der Waals surface area contributed by atoms with E-state index in [9.17, 15) is 4.79 Å². The summed E-state index contributed by atoms with van der Waals surface area (Å²) in [6.45, 7) is 1.85. The molecule has 0 spiro atoms. The van der Waals surface area contributed by atoms with Crippen LogP contribution in [0.25, 0.3) is 10.8 Å². The summed E-state index contributed by atoms with van der Waals surface area (Å²) in [4.78, 5) is 11.1. The van der Waals surface area contributed by atoms with Gasteiger partial charge >= 0.3 is 5.97 Å². The van der Waals surface area contributed by atoms with E-state index in [1.165, 1.54) is 0 Å². The van der Waals surface area contributed by atoms with Gasteiger partial charge in [0.05, 0.1) is 0 Å². The van der Waals surface area contributed by atoms with Gasteiger partial charge in [-0.25, -0.2) is 4.79 Å². The molecule has 0 radical (unpaired) electrons. The SMILES string of the molecule is CCC(Nc1ccc(Br)c2ccccc12)C(=O)O. The van der Waals surface area contributed by atoms with E-state index in [4.69, 9.17) is 5.11 Å². The number of rotatable bonds is 4. The fraction of sp³-hybridized carbons (Fsp3) is 0.214. The summed E-state index contributed by atoms with van der Waals surface area (Å²) in [5.74, 6) is -0.829. The minimum atomic E-state index is -0.829. The number of hydrogen-bond acceptors (Lipinski definition) is 2. The van der Waals surface area contributed by atoms with Gasteiger partial charge in [0.25, 0.3) is 0 Å². The molecule has 94 valence electrons. The highest BCUT2D eigenvalue weighted by Gasteiger charge is 2.15. The Hall–Kier alpha value is -1.55. The van der Waals surface area contributed by atoms with Gasteiger partial charge in [0.15, 0.2) is 0 Å². The van der Waals surface area contributed by atoms with Crippen molar-refractivity contribution >= 4 is 38.4 Å². The zero-order valence-electron chi connectivity index (χ0n) is 9.98. The molecule has 1 atom stereocenters. The molecular weight excluding hydrogens is 294 g/mol. The van der Waals surface area contributed by atoms with E-state index in [2.05, 4.69) is 21.2 Å². The molecule has 0 saturated carbocycles. The number of hydrogen-bond donors (Lipinski definition) is 2. The number of anilines is 1. The van der Waals surface area contributed by atoms with Gasteiger partial charge in [0.1, 0.15) is 6.04 Å². The van der Waals surface area contributed by atoms with Crippen LogP contribution in [-0.2, 0) is 4.79 Å². The Labute approximate surface area is 114 Å². The summed E-state index contributed by atoms with van der Waals surface area (Å²) in [5.41, 5.74) is 0.850. The molecule has 0 aliphatic rings. The standard InChI is InChI=1S/C14H14BrNO2/c1-2-12(14(17)18)16-13-8-7-11(15)9-5-3-4-6-10(9)13/h3-8,12,16H,2H2,1H3,(H,17,18). The third-order valence-corrected chi connectivity index (χ3v) is 3.60. The average Bonchev–Trinajstić information content (AvgIpc) is 2.38. The Morgan fingerprint density at radius 2 is 1.94 bits per heavy atom. The molecule has 4 heteroatoms. The number of halogens is 1. The molecular formula is C14H14BrNO2. The minimum Gasteiger partial charge on any atom is -0.480 e. The summed E-state index contributed by atoms with van der Waals surface area (Å²) in [7, 11) is 0. The summed E-state index contributed by atoms with van der Waals surface area (Å²) in [6.07, 6.45) is 0.541. The van der Waals surface area contributed by atoms with Crippen molar-refractivity contribution in [3.8, 4) is 0 Å². The van der Waals surface area contributed by atoms with Crippen molar-refractivity contribution in [1.82, 2.24) is 0 Å². The molecule has 0 aromatic heterocycles. The number of benzene rings is 2. The molecule has 2 N–H and O–H groups in total. The van der Waals surface area contributed by atoms with Crippen LogP contribution in [0.5, 0.6) is 0 Å². The summed E-state index contributed by atoms with van der Waals surface area (Å²) in [6, 6.07) is 11.2. The predicted molar refractivity (Wildman–Crippen MR) is 77.0 cm³/mol. The van der Waals surface area contributed by atoms with Crippen LogP contribution < -0.4 is 5.32 Å². The van der Waals surface area contributed by atoms with Crippen molar-refractivity contribution in [2.75, 3.05) is 5.32 Å². The van der Waals surface area contributed by atoms with E-state index in [0.717, 1.165) is 20.9 Å². The number of carbonyl (C=O) groups is 1. The Morgan fingerprint density at radius 3 is 2.56 bits per heavy atom. The first-order valence-electron chi connectivity index (χ1n) is 5.80. The maximum absolute atomic E-state index is 11.1. The Balaban J connectivity index is 2.45. The molecule has 2 aromatic carbocycles. The summed E-state index contributed by atoms with van der Waals surface area (Å²) >= 11 is 3.50. The van der Waals surface area contributed by atoms with E-state index in [1.807, 2.05) is 43.3 Å². The van der Waals surface area contributed by atoms with Gasteiger partial charge in [-0.05, 0) is 23.9 Å². The third kappa shape index (κ3) is 2.48. The van der Waals surface area contributed by atoms with Crippen molar-refractivity contribution in [2.45, 2.75) is 19.4 Å². The molecule has 1 unspecified atom stereocenters. The number of fused-ring (bicyclic) bond motifs is 1. The maximum Gasteiger partial charge on any atom is 0.326 e. The largest absolute Gasteiger partial charge is 0.480 e. The van der Waals surface area contributed by atoms with Crippen LogP contribution in [-0.4, -0.2) is 17.1 Å². The van der Waals surface area contributed by atoms with Crippen LogP contribution in [0.3, 0.4) is 0 Å². The smallest absolute Gasteiger partial charge is 0.326 e. The molecule has 3 nitrogen and oxygen atoms in total. The second-order valence-electron chi connectivity index (χ2n) is 4.08. The van der Waals surface area contributed by atoms with E-state index >= 15 is 0 Å². The van der Waals surface area contributed by atoms with Crippen molar-refractivity contribution in [1.29, 1.82) is 0 Å². The molecule has 0 heterocycles. The van der Waals surface area contributed by atoms with Crippen LogP contribution in [0.4, 0.5) is 5.69 Å². The molecule has 0 aliphatic heterocycles. The molecule has 0 amide bonds. The lowest BCUT2D eigenvalue weighted by atomic mass is 10.1. The normalized spacial score (nSPS) is 12.3. The highest BCUT2D eigenvalue weighted by Crippen LogP contribution is 2.30. The molecule has 0 fully saturated rings. The van der Waals surface area contributed by atoms with E-state index < -0.39 is 12.0 Å². The van der Waals surface area contributed by atoms with Gasteiger partial charge in [0.2, 0.25) is 0 Å². The Morgan fingerprint density at radius 1 is 1.28 bits per heavy atom. The van der Waals surface area contributed by atoms with Crippen molar-refractivity contribution in [2.24, 2.45) is 0 Å². The molecule has 2 aromatic rings. The Kier molecular flexibility index (Phi) is 3.87. The van der Waals surface area contributed by atoms with Gasteiger partial charge in [-0.15, -0.1) is 0 Å². The molecule has 0 bridgehead atoms. The first-order chi connectivity index (χ1) is 8.63. The first-order valence-corrected chi connectivity index (χ1v) is 6.59. The molecule has 2 rings (SSSR count). The van der Waals surface area contributed by atoms with Gasteiger partial charge in [-0.1, -0.05) is 47.1 Å². The lowest BCUT2D eigenvalue weighted by molar-refractivity contribution is -0.137. The van der Waals surface area contributed by atoms with Crippen LogP contribution in [0.15, 0.2) is 40.9 Å². The number of carboxylic acid groups (broad SMARTS) is 1. The van der Waals surface area contributed by atoms with Crippen LogP contribution in [0, 0.1) is 0 Å². The number of aliphatic carboxylic acids is 1. The lowest BCUT2D eigenvalue weighted by Crippen LogP contribution is -2.28. The monoisotopic (exact) mass is 307 g/mol. The second kappa shape index (κ2) is 5.40. The van der Waals surface area contributed by atoms with Crippen molar-refractivity contribution < 1.29 is 9.90 Å². The second-order valence-corrected chi connectivity index (χ2v) is 4.94. The molecule has 18 heavy (non-hydrogen) atoms. The van der Waals surface area contributed by atoms with Gasteiger partial charge < -0.3 is 10.4 Å². The highest BCUT2D eigenvalue weighted by atomic mass is 79.9. The zero-order chi connectivity index (χ0) is 13.1. The summed E-state index contributed by atoms with van der Waals surface area (Å²) < 4.78 is 1.01. The van der Waals surface area contributed by atoms with Crippen LogP contribution in [0.1, 0.15) is 13.3 Å². The molecule has 0 aliphatic carbocycles. The maximum atomic E-state index is 11.1. The van der Waals surface area contributed by atoms with Crippen LogP contribution in [0.2, 0.25) is 0 Å². The fourth-order valence-electron chi connectivity index (χ4n) is 1.91. The van der Waals surface area contributed by atoms with E-state index in [1.54, 1.807) is 0 Å². The van der Waals surface area contributed by atoms with Gasteiger partial charge in [0, 0.05) is 15.5 Å². The van der Waals surface area contributed by atoms with Gasteiger partial charge in [-0.2, -0.15) is 0 Å². The van der Waals surface area contributed by atoms with Crippen LogP contribution >= 0.6 is 15.9 Å².